The van der Waals surface area contributed by atoms with Crippen molar-refractivity contribution in [1.82, 2.24) is 5.32 Å². The quantitative estimate of drug-likeness (QED) is 0.590. The minimum Gasteiger partial charge on any atom is -0.396 e. The van der Waals surface area contributed by atoms with E-state index in [0.29, 0.717) is 18.4 Å². The summed E-state index contributed by atoms with van der Waals surface area (Å²) in [7, 11) is 0. The molecule has 3 atom stereocenters. The summed E-state index contributed by atoms with van der Waals surface area (Å²) in [4.78, 5) is 0. The van der Waals surface area contributed by atoms with Gasteiger partial charge in [0.05, 0.1) is 6.61 Å². The number of aliphatic hydroxyl groups is 2. The molecule has 3 N–H and O–H groups in total. The van der Waals surface area contributed by atoms with E-state index in [1.165, 1.54) is 0 Å². The van der Waals surface area contributed by atoms with E-state index < -0.39 is 0 Å². The summed E-state index contributed by atoms with van der Waals surface area (Å²) in [6.07, 6.45) is 1.12. The van der Waals surface area contributed by atoms with Crippen LogP contribution in [0, 0.1) is 17.3 Å². The van der Waals surface area contributed by atoms with Gasteiger partial charge in [-0.15, -0.1) is 0 Å². The van der Waals surface area contributed by atoms with Crippen LogP contribution in [-0.4, -0.2) is 36.0 Å². The van der Waals surface area contributed by atoms with Gasteiger partial charge in [-0.25, -0.2) is 0 Å². The highest BCUT2D eigenvalue weighted by Crippen LogP contribution is 2.56. The summed E-state index contributed by atoms with van der Waals surface area (Å²) in [5.74, 6) is 1.13. The van der Waals surface area contributed by atoms with E-state index in [4.69, 9.17) is 5.11 Å². The largest absolute Gasteiger partial charge is 0.396 e. The van der Waals surface area contributed by atoms with Gasteiger partial charge >= 0.3 is 0 Å². The molecule has 0 heterocycles. The van der Waals surface area contributed by atoms with Gasteiger partial charge in [-0.1, -0.05) is 13.8 Å². The highest BCUT2D eigenvalue weighted by atomic mass is 16.3. The molecule has 1 rings (SSSR count). The molecule has 1 aliphatic rings. The lowest BCUT2D eigenvalue weighted by atomic mass is 9.90. The zero-order valence-electron chi connectivity index (χ0n) is 9.45. The van der Waals surface area contributed by atoms with Crippen LogP contribution in [0.5, 0.6) is 0 Å². The van der Waals surface area contributed by atoms with Crippen molar-refractivity contribution in [3.63, 3.8) is 0 Å². The molecule has 84 valence electrons. The van der Waals surface area contributed by atoms with Crippen LogP contribution in [0.25, 0.3) is 0 Å². The highest BCUT2D eigenvalue weighted by molar-refractivity contribution is 5.04. The van der Waals surface area contributed by atoms with Gasteiger partial charge < -0.3 is 15.5 Å². The Kier molecular flexibility index (Phi) is 3.93. The summed E-state index contributed by atoms with van der Waals surface area (Å²) in [5.41, 5.74) is 0.155. The summed E-state index contributed by atoms with van der Waals surface area (Å²) in [6.45, 7) is 7.71. The monoisotopic (exact) mass is 201 g/mol. The van der Waals surface area contributed by atoms with Gasteiger partial charge in [0.25, 0.3) is 0 Å². The Morgan fingerprint density at radius 2 is 2.00 bits per heavy atom. The highest BCUT2D eigenvalue weighted by Gasteiger charge is 2.54. The fraction of sp³-hybridized carbons (Fsp3) is 1.00. The van der Waals surface area contributed by atoms with Crippen LogP contribution >= 0.6 is 0 Å². The number of hydrogen-bond acceptors (Lipinski definition) is 3. The normalized spacial score (nSPS) is 33.4. The van der Waals surface area contributed by atoms with Gasteiger partial charge in [0.2, 0.25) is 0 Å². The van der Waals surface area contributed by atoms with E-state index in [-0.39, 0.29) is 18.1 Å². The van der Waals surface area contributed by atoms with Crippen molar-refractivity contribution in [1.29, 1.82) is 0 Å². The van der Waals surface area contributed by atoms with Crippen molar-refractivity contribution in [2.45, 2.75) is 33.2 Å². The van der Waals surface area contributed by atoms with Crippen LogP contribution in [0.2, 0.25) is 0 Å². The Morgan fingerprint density at radius 1 is 1.36 bits per heavy atom. The molecule has 0 aromatic heterocycles. The number of rotatable bonds is 6. The van der Waals surface area contributed by atoms with E-state index in [1.807, 2.05) is 6.92 Å². The molecule has 0 aliphatic heterocycles. The average molecular weight is 201 g/mol. The Hall–Kier alpha value is -0.120. The lowest BCUT2D eigenvalue weighted by molar-refractivity contribution is 0.153. The fourth-order valence-corrected chi connectivity index (χ4v) is 2.17. The van der Waals surface area contributed by atoms with Gasteiger partial charge in [0.15, 0.2) is 0 Å². The van der Waals surface area contributed by atoms with Crippen molar-refractivity contribution < 1.29 is 10.2 Å². The third-order valence-electron chi connectivity index (χ3n) is 3.71. The first-order valence-corrected chi connectivity index (χ1v) is 5.52. The molecule has 1 saturated carbocycles. The van der Waals surface area contributed by atoms with Crippen molar-refractivity contribution >= 4 is 0 Å². The second-order valence-electron chi connectivity index (χ2n) is 4.94. The molecule has 14 heavy (non-hydrogen) atoms. The smallest absolute Gasteiger partial charge is 0.0581 e. The molecule has 3 unspecified atom stereocenters. The van der Waals surface area contributed by atoms with Crippen LogP contribution in [-0.2, 0) is 0 Å². The molecule has 3 nitrogen and oxygen atoms in total. The van der Waals surface area contributed by atoms with Crippen LogP contribution in [0.1, 0.15) is 27.2 Å². The van der Waals surface area contributed by atoms with E-state index >= 15 is 0 Å². The van der Waals surface area contributed by atoms with Crippen LogP contribution in [0.4, 0.5) is 0 Å². The van der Waals surface area contributed by atoms with Gasteiger partial charge in [0.1, 0.15) is 0 Å². The zero-order valence-corrected chi connectivity index (χ0v) is 9.45. The minimum atomic E-state index is 0.155. The standard InChI is InChI=1S/C11H23NO2/c1-8(2)11(7-14)4-10(11)5-12-9(3)6-13/h8-10,12-14H,4-7H2,1-3H3. The van der Waals surface area contributed by atoms with Gasteiger partial charge in [-0.05, 0) is 31.7 Å². The second-order valence-corrected chi connectivity index (χ2v) is 4.94. The Morgan fingerprint density at radius 3 is 2.36 bits per heavy atom. The van der Waals surface area contributed by atoms with Crippen LogP contribution in [0.15, 0.2) is 0 Å². The van der Waals surface area contributed by atoms with Gasteiger partial charge in [-0.3, -0.25) is 0 Å². The summed E-state index contributed by atoms with van der Waals surface area (Å²) < 4.78 is 0. The number of aliphatic hydroxyl groups excluding tert-OH is 2. The molecule has 1 fully saturated rings. The SMILES string of the molecule is CC(CO)NCC1CC1(CO)C(C)C. The molecule has 0 amide bonds. The van der Waals surface area contributed by atoms with Crippen LogP contribution in [0.3, 0.4) is 0 Å². The summed E-state index contributed by atoms with van der Waals surface area (Å²) in [6, 6.07) is 0.166. The maximum Gasteiger partial charge on any atom is 0.0581 e. The third-order valence-corrected chi connectivity index (χ3v) is 3.71. The maximum atomic E-state index is 9.34. The fourth-order valence-electron chi connectivity index (χ4n) is 2.17. The minimum absolute atomic E-state index is 0.155. The molecule has 0 radical (unpaired) electrons. The molecular formula is C11H23NO2. The number of hydrogen-bond donors (Lipinski definition) is 3. The van der Waals surface area contributed by atoms with Gasteiger partial charge in [-0.2, -0.15) is 0 Å². The first-order chi connectivity index (χ1) is 6.56. The van der Waals surface area contributed by atoms with E-state index in [0.717, 1.165) is 13.0 Å². The summed E-state index contributed by atoms with van der Waals surface area (Å²) in [5, 5.41) is 21.5. The third kappa shape index (κ3) is 2.27. The summed E-state index contributed by atoms with van der Waals surface area (Å²) >= 11 is 0. The van der Waals surface area contributed by atoms with Crippen molar-refractivity contribution in [2.24, 2.45) is 17.3 Å². The number of nitrogens with one attached hydrogen (secondary N) is 1. The first-order valence-electron chi connectivity index (χ1n) is 5.52. The molecule has 3 heteroatoms. The molecule has 0 aromatic carbocycles. The Balaban J connectivity index is 2.30. The van der Waals surface area contributed by atoms with E-state index in [9.17, 15) is 5.11 Å². The van der Waals surface area contributed by atoms with Crippen molar-refractivity contribution in [2.75, 3.05) is 19.8 Å². The van der Waals surface area contributed by atoms with Crippen LogP contribution < -0.4 is 5.32 Å². The molecule has 0 aromatic rings. The van der Waals surface area contributed by atoms with Crippen molar-refractivity contribution in [3.8, 4) is 0 Å². The molecule has 0 bridgehead atoms. The van der Waals surface area contributed by atoms with E-state index in [1.54, 1.807) is 0 Å². The lowest BCUT2D eigenvalue weighted by Crippen LogP contribution is -2.33. The zero-order chi connectivity index (χ0) is 10.8. The Labute approximate surface area is 86.5 Å². The average Bonchev–Trinajstić information content (AvgIpc) is 2.89. The lowest BCUT2D eigenvalue weighted by Gasteiger charge is -2.20. The van der Waals surface area contributed by atoms with E-state index in [2.05, 4.69) is 19.2 Å². The first kappa shape index (κ1) is 12.0. The second kappa shape index (κ2) is 4.60. The molecule has 1 aliphatic carbocycles. The van der Waals surface area contributed by atoms with Crippen molar-refractivity contribution in [3.05, 3.63) is 0 Å². The maximum absolute atomic E-state index is 9.34. The predicted molar refractivity (Wildman–Crippen MR) is 57.0 cm³/mol. The Bertz CT molecular complexity index is 184. The molecule has 0 spiro atoms. The predicted octanol–water partition coefficient (Wildman–Crippen LogP) is 0.611. The molecule has 0 saturated heterocycles. The van der Waals surface area contributed by atoms with Gasteiger partial charge in [0, 0.05) is 18.1 Å². The molecular weight excluding hydrogens is 178 g/mol. The topological polar surface area (TPSA) is 52.5 Å².